The van der Waals surface area contributed by atoms with Crippen molar-refractivity contribution in [2.24, 2.45) is 0 Å². The third-order valence-corrected chi connectivity index (χ3v) is 3.61. The molecule has 1 heterocycles. The van der Waals surface area contributed by atoms with Crippen molar-refractivity contribution in [1.82, 2.24) is 5.32 Å². The fourth-order valence-electron chi connectivity index (χ4n) is 2.23. The Bertz CT molecular complexity index is 479. The molecule has 2 N–H and O–H groups in total. The fraction of sp³-hybridized carbons (Fsp3) is 0.500. The van der Waals surface area contributed by atoms with Crippen molar-refractivity contribution in [3.05, 3.63) is 29.8 Å². The van der Waals surface area contributed by atoms with Gasteiger partial charge in [0.05, 0.1) is 6.26 Å². The second-order valence-corrected chi connectivity index (χ2v) is 6.27. The summed E-state index contributed by atoms with van der Waals surface area (Å²) in [6, 6.07) is 7.71. The molecule has 1 aliphatic rings. The van der Waals surface area contributed by atoms with Gasteiger partial charge in [-0.3, -0.25) is 4.72 Å². The van der Waals surface area contributed by atoms with Crippen LogP contribution in [0.2, 0.25) is 0 Å². The van der Waals surface area contributed by atoms with Crippen LogP contribution in [0.4, 0.5) is 5.69 Å². The molecule has 0 bridgehead atoms. The largest absolute Gasteiger partial charge is 0.317 e. The molecule has 0 radical (unpaired) electrons. The number of benzene rings is 1. The monoisotopic (exact) mass is 254 g/mol. The van der Waals surface area contributed by atoms with Crippen LogP contribution in [0, 0.1) is 0 Å². The summed E-state index contributed by atoms with van der Waals surface area (Å²) >= 11 is 0. The molecule has 1 aromatic carbocycles. The third-order valence-electron chi connectivity index (χ3n) is 3.00. The Labute approximate surface area is 102 Å². The predicted octanol–water partition coefficient (Wildman–Crippen LogP) is 1.53. The van der Waals surface area contributed by atoms with Gasteiger partial charge in [0.2, 0.25) is 10.0 Å². The van der Waals surface area contributed by atoms with Crippen LogP contribution in [0.5, 0.6) is 0 Å². The molecule has 2 rings (SSSR count). The quantitative estimate of drug-likeness (QED) is 0.860. The van der Waals surface area contributed by atoms with E-state index in [-0.39, 0.29) is 0 Å². The highest BCUT2D eigenvalue weighted by Gasteiger charge is 2.15. The van der Waals surface area contributed by atoms with E-state index in [0.29, 0.717) is 11.6 Å². The molecule has 1 aliphatic heterocycles. The van der Waals surface area contributed by atoms with E-state index in [1.165, 1.54) is 11.8 Å². The Morgan fingerprint density at radius 2 is 2.00 bits per heavy atom. The molecular weight excluding hydrogens is 236 g/mol. The smallest absolute Gasteiger partial charge is 0.229 e. The van der Waals surface area contributed by atoms with E-state index < -0.39 is 10.0 Å². The zero-order valence-electron chi connectivity index (χ0n) is 9.94. The van der Waals surface area contributed by atoms with E-state index in [9.17, 15) is 8.42 Å². The van der Waals surface area contributed by atoms with Gasteiger partial charge in [0, 0.05) is 5.69 Å². The molecule has 0 spiro atoms. The highest BCUT2D eigenvalue weighted by molar-refractivity contribution is 7.92. The number of hydrogen-bond acceptors (Lipinski definition) is 3. The SMILES string of the molecule is CS(=O)(=O)Nc1cccc(C2CCNCC2)c1. The van der Waals surface area contributed by atoms with Gasteiger partial charge < -0.3 is 5.32 Å². The first-order chi connectivity index (χ1) is 8.04. The second-order valence-electron chi connectivity index (χ2n) is 4.52. The molecule has 94 valence electrons. The summed E-state index contributed by atoms with van der Waals surface area (Å²) in [5.74, 6) is 0.539. The molecule has 1 aromatic rings. The molecule has 5 heteroatoms. The normalized spacial score (nSPS) is 17.9. The lowest BCUT2D eigenvalue weighted by molar-refractivity contribution is 0.460. The Morgan fingerprint density at radius 3 is 2.65 bits per heavy atom. The number of anilines is 1. The molecule has 0 aliphatic carbocycles. The number of rotatable bonds is 3. The second kappa shape index (κ2) is 5.06. The van der Waals surface area contributed by atoms with Gasteiger partial charge in [0.1, 0.15) is 0 Å². The topological polar surface area (TPSA) is 58.2 Å². The zero-order chi connectivity index (χ0) is 12.3. The average molecular weight is 254 g/mol. The number of nitrogens with one attached hydrogen (secondary N) is 2. The van der Waals surface area contributed by atoms with E-state index in [1.54, 1.807) is 6.07 Å². The lowest BCUT2D eigenvalue weighted by Crippen LogP contribution is -2.26. The van der Waals surface area contributed by atoms with Crippen molar-refractivity contribution in [2.45, 2.75) is 18.8 Å². The van der Waals surface area contributed by atoms with Crippen LogP contribution in [-0.4, -0.2) is 27.8 Å². The van der Waals surface area contributed by atoms with E-state index in [2.05, 4.69) is 16.1 Å². The average Bonchev–Trinajstić information content (AvgIpc) is 2.28. The van der Waals surface area contributed by atoms with E-state index in [4.69, 9.17) is 0 Å². The Hall–Kier alpha value is -1.07. The molecule has 0 amide bonds. The molecular formula is C12H18N2O2S. The summed E-state index contributed by atoms with van der Waals surface area (Å²) in [4.78, 5) is 0. The van der Waals surface area contributed by atoms with Crippen molar-refractivity contribution >= 4 is 15.7 Å². The summed E-state index contributed by atoms with van der Waals surface area (Å²) in [7, 11) is -3.19. The summed E-state index contributed by atoms with van der Waals surface area (Å²) < 4.78 is 24.9. The summed E-state index contributed by atoms with van der Waals surface area (Å²) in [6.07, 6.45) is 3.40. The fourth-order valence-corrected chi connectivity index (χ4v) is 2.78. The van der Waals surface area contributed by atoms with Gasteiger partial charge in [0.25, 0.3) is 0 Å². The van der Waals surface area contributed by atoms with E-state index in [0.717, 1.165) is 25.9 Å². The van der Waals surface area contributed by atoms with Crippen LogP contribution in [0.15, 0.2) is 24.3 Å². The van der Waals surface area contributed by atoms with Crippen molar-refractivity contribution in [3.8, 4) is 0 Å². The Kier molecular flexibility index (Phi) is 3.69. The maximum atomic E-state index is 11.2. The molecule has 0 atom stereocenters. The molecule has 0 saturated carbocycles. The zero-order valence-corrected chi connectivity index (χ0v) is 10.8. The lowest BCUT2D eigenvalue weighted by Gasteiger charge is -2.23. The van der Waals surface area contributed by atoms with Gasteiger partial charge in [-0.05, 0) is 49.5 Å². The molecule has 0 unspecified atom stereocenters. The molecule has 1 saturated heterocycles. The summed E-state index contributed by atoms with van der Waals surface area (Å²) in [5.41, 5.74) is 1.88. The van der Waals surface area contributed by atoms with Crippen LogP contribution in [-0.2, 0) is 10.0 Å². The minimum Gasteiger partial charge on any atom is -0.317 e. The molecule has 17 heavy (non-hydrogen) atoms. The molecule has 1 fully saturated rings. The third kappa shape index (κ3) is 3.71. The number of sulfonamides is 1. The number of hydrogen-bond donors (Lipinski definition) is 2. The van der Waals surface area contributed by atoms with Gasteiger partial charge >= 0.3 is 0 Å². The van der Waals surface area contributed by atoms with Gasteiger partial charge in [0.15, 0.2) is 0 Å². The maximum Gasteiger partial charge on any atom is 0.229 e. The van der Waals surface area contributed by atoms with Gasteiger partial charge in [-0.1, -0.05) is 12.1 Å². The first-order valence-corrected chi connectivity index (χ1v) is 7.72. The Balaban J connectivity index is 2.16. The highest BCUT2D eigenvalue weighted by Crippen LogP contribution is 2.27. The van der Waals surface area contributed by atoms with Crippen molar-refractivity contribution in [1.29, 1.82) is 0 Å². The minimum absolute atomic E-state index is 0.539. The molecule has 4 nitrogen and oxygen atoms in total. The van der Waals surface area contributed by atoms with Crippen LogP contribution in [0.25, 0.3) is 0 Å². The first-order valence-electron chi connectivity index (χ1n) is 5.83. The molecule has 0 aromatic heterocycles. The minimum atomic E-state index is -3.19. The van der Waals surface area contributed by atoms with Crippen LogP contribution in [0.1, 0.15) is 24.3 Å². The standard InChI is InChI=1S/C12H18N2O2S/c1-17(15,16)14-12-4-2-3-11(9-12)10-5-7-13-8-6-10/h2-4,9-10,13-14H,5-8H2,1H3. The van der Waals surface area contributed by atoms with Crippen molar-refractivity contribution < 1.29 is 8.42 Å². The Morgan fingerprint density at radius 1 is 1.29 bits per heavy atom. The number of piperidine rings is 1. The maximum absolute atomic E-state index is 11.2. The van der Waals surface area contributed by atoms with E-state index in [1.807, 2.05) is 12.1 Å². The van der Waals surface area contributed by atoms with Crippen LogP contribution in [0.3, 0.4) is 0 Å². The van der Waals surface area contributed by atoms with Crippen molar-refractivity contribution in [2.75, 3.05) is 24.1 Å². The van der Waals surface area contributed by atoms with Gasteiger partial charge in [-0.15, -0.1) is 0 Å². The summed E-state index contributed by atoms with van der Waals surface area (Å²) in [5, 5.41) is 3.33. The van der Waals surface area contributed by atoms with E-state index >= 15 is 0 Å². The van der Waals surface area contributed by atoms with Gasteiger partial charge in [-0.25, -0.2) is 8.42 Å². The van der Waals surface area contributed by atoms with Gasteiger partial charge in [-0.2, -0.15) is 0 Å². The first kappa shape index (κ1) is 12.4. The summed E-state index contributed by atoms with van der Waals surface area (Å²) in [6.45, 7) is 2.07. The van der Waals surface area contributed by atoms with Crippen LogP contribution < -0.4 is 10.0 Å². The lowest BCUT2D eigenvalue weighted by atomic mass is 9.90. The predicted molar refractivity (Wildman–Crippen MR) is 69.8 cm³/mol. The van der Waals surface area contributed by atoms with Crippen LogP contribution >= 0.6 is 0 Å². The van der Waals surface area contributed by atoms with Crippen molar-refractivity contribution in [3.63, 3.8) is 0 Å². The highest BCUT2D eigenvalue weighted by atomic mass is 32.2.